The molecule has 5 nitrogen and oxygen atoms in total. The first kappa shape index (κ1) is 7.74. The zero-order valence-electron chi connectivity index (χ0n) is 5.26. The second-order valence-electron chi connectivity index (χ2n) is 1.72. The van der Waals surface area contributed by atoms with Crippen molar-refractivity contribution in [2.24, 2.45) is 20.0 Å². The van der Waals surface area contributed by atoms with E-state index in [2.05, 4.69) is 20.0 Å². The maximum Gasteiger partial charge on any atom is 0.301 e. The van der Waals surface area contributed by atoms with Crippen molar-refractivity contribution in [3.05, 3.63) is 0 Å². The van der Waals surface area contributed by atoms with Gasteiger partial charge in [0.25, 0.3) is 0 Å². The number of amides is 1. The quantitative estimate of drug-likeness (QED) is 0.499. The first-order valence-electron chi connectivity index (χ1n) is 2.63. The van der Waals surface area contributed by atoms with Gasteiger partial charge in [0.05, 0.1) is 0 Å². The third-order valence-electron chi connectivity index (χ3n) is 1.14. The molecular formula is C5H3ClN4O. The largest absolute Gasteiger partial charge is 0.301 e. The van der Waals surface area contributed by atoms with Crippen LogP contribution >= 0.6 is 12.4 Å². The maximum absolute atomic E-state index is 10.8. The molecule has 1 amide bonds. The number of fused-ring (bicyclic) bond motifs is 1. The molecule has 0 saturated heterocycles. The van der Waals surface area contributed by atoms with Crippen LogP contribution in [0.3, 0.4) is 0 Å². The zero-order chi connectivity index (χ0) is 6.97. The highest BCUT2D eigenvalue weighted by atomic mass is 35.5. The summed E-state index contributed by atoms with van der Waals surface area (Å²) in [4.78, 5) is 25.3. The van der Waals surface area contributed by atoms with Crippen molar-refractivity contribution in [1.29, 1.82) is 0 Å². The Bertz CT molecular complexity index is 308. The molecule has 0 fully saturated rings. The van der Waals surface area contributed by atoms with Gasteiger partial charge in [0.15, 0.2) is 11.5 Å². The van der Waals surface area contributed by atoms with Gasteiger partial charge in [-0.05, 0) is 0 Å². The number of nitrogens with zero attached hydrogens (tertiary/aromatic N) is 4. The van der Waals surface area contributed by atoms with Crippen LogP contribution in [0.25, 0.3) is 0 Å². The van der Waals surface area contributed by atoms with Crippen LogP contribution in [0, 0.1) is 0 Å². The number of aliphatic imine (C=N–C) groups is 4. The summed E-state index contributed by atoms with van der Waals surface area (Å²) < 4.78 is 0. The van der Waals surface area contributed by atoms with E-state index in [4.69, 9.17) is 0 Å². The lowest BCUT2D eigenvalue weighted by atomic mass is 10.3. The van der Waals surface area contributed by atoms with Crippen LogP contribution in [0.1, 0.15) is 0 Å². The summed E-state index contributed by atoms with van der Waals surface area (Å²) in [5.74, 6) is -0.0116. The number of rotatable bonds is 0. The number of carbonyl (C=O) groups is 1. The molecule has 56 valence electrons. The Kier molecular flexibility index (Phi) is 1.91. The highest BCUT2D eigenvalue weighted by Crippen LogP contribution is 1.99. The van der Waals surface area contributed by atoms with Crippen molar-refractivity contribution in [3.8, 4) is 0 Å². The molecule has 2 aliphatic rings. The molecule has 2 aliphatic heterocycles. The molecule has 0 spiro atoms. The lowest BCUT2D eigenvalue weighted by Gasteiger charge is -1.96. The number of amidine groups is 1. The molecule has 0 aromatic rings. The molecule has 11 heavy (non-hydrogen) atoms. The minimum absolute atomic E-state index is 0. The van der Waals surface area contributed by atoms with Crippen molar-refractivity contribution in [2.45, 2.75) is 0 Å². The van der Waals surface area contributed by atoms with Gasteiger partial charge < -0.3 is 0 Å². The van der Waals surface area contributed by atoms with E-state index in [0.717, 1.165) is 0 Å². The van der Waals surface area contributed by atoms with Crippen molar-refractivity contribution in [3.63, 3.8) is 0 Å². The number of carbonyl (C=O) groups excluding carboxylic acids is 1. The molecule has 6 heteroatoms. The Labute approximate surface area is 68.1 Å². The molecule has 0 unspecified atom stereocenters. The van der Waals surface area contributed by atoms with Gasteiger partial charge in [0, 0.05) is 0 Å². The lowest BCUT2D eigenvalue weighted by Crippen LogP contribution is -2.21. The zero-order valence-corrected chi connectivity index (χ0v) is 6.08. The SMILES string of the molecule is Cl.O=C1N=CN=C2N=CN=C12. The summed E-state index contributed by atoms with van der Waals surface area (Å²) >= 11 is 0. The molecule has 0 atom stereocenters. The van der Waals surface area contributed by atoms with Crippen LogP contribution in [0.2, 0.25) is 0 Å². The smallest absolute Gasteiger partial charge is 0.265 e. The van der Waals surface area contributed by atoms with Gasteiger partial charge in [0.1, 0.15) is 12.7 Å². The molecule has 2 heterocycles. The van der Waals surface area contributed by atoms with Crippen LogP contribution in [0.5, 0.6) is 0 Å². The molecule has 0 N–H and O–H groups in total. The van der Waals surface area contributed by atoms with Gasteiger partial charge in [-0.1, -0.05) is 0 Å². The van der Waals surface area contributed by atoms with Gasteiger partial charge in [-0.3, -0.25) is 4.79 Å². The second-order valence-corrected chi connectivity index (χ2v) is 1.72. The first-order chi connectivity index (χ1) is 4.88. The minimum Gasteiger partial charge on any atom is -0.265 e. The van der Waals surface area contributed by atoms with Crippen LogP contribution in [0.15, 0.2) is 20.0 Å². The Morgan fingerprint density at radius 3 is 2.55 bits per heavy atom. The highest BCUT2D eigenvalue weighted by molar-refractivity contribution is 6.70. The molecule has 0 aliphatic carbocycles. The van der Waals surface area contributed by atoms with Crippen LogP contribution in [0.4, 0.5) is 0 Å². The summed E-state index contributed by atoms with van der Waals surface area (Å²) in [6.07, 6.45) is 2.47. The van der Waals surface area contributed by atoms with Crippen molar-refractivity contribution in [1.82, 2.24) is 0 Å². The Morgan fingerprint density at radius 2 is 1.82 bits per heavy atom. The summed E-state index contributed by atoms with van der Waals surface area (Å²) in [6, 6.07) is 0. The van der Waals surface area contributed by atoms with E-state index in [1.54, 1.807) is 0 Å². The van der Waals surface area contributed by atoms with Gasteiger partial charge in [-0.2, -0.15) is 4.99 Å². The normalized spacial score (nSPS) is 18.7. The van der Waals surface area contributed by atoms with E-state index in [-0.39, 0.29) is 24.0 Å². The van der Waals surface area contributed by atoms with Crippen molar-refractivity contribution < 1.29 is 4.79 Å². The molecular weight excluding hydrogens is 168 g/mol. The fraction of sp³-hybridized carbons (Fsp3) is 0. The highest BCUT2D eigenvalue weighted by Gasteiger charge is 2.21. The Hall–Kier alpha value is -1.36. The fourth-order valence-corrected chi connectivity index (χ4v) is 0.703. The van der Waals surface area contributed by atoms with Crippen LogP contribution in [-0.4, -0.2) is 30.1 Å². The third kappa shape index (κ3) is 1.10. The summed E-state index contributed by atoms with van der Waals surface area (Å²) in [6.45, 7) is 0. The molecule has 0 aromatic carbocycles. The summed E-state index contributed by atoms with van der Waals surface area (Å²) in [5.41, 5.74) is 0.238. The van der Waals surface area contributed by atoms with Crippen LogP contribution in [-0.2, 0) is 4.79 Å². The van der Waals surface area contributed by atoms with E-state index in [1.807, 2.05) is 0 Å². The van der Waals surface area contributed by atoms with Gasteiger partial charge in [-0.15, -0.1) is 12.4 Å². The van der Waals surface area contributed by atoms with Crippen LogP contribution < -0.4 is 0 Å². The fourth-order valence-electron chi connectivity index (χ4n) is 0.703. The van der Waals surface area contributed by atoms with E-state index in [0.29, 0.717) is 5.84 Å². The number of hydrogen-bond donors (Lipinski definition) is 0. The topological polar surface area (TPSA) is 66.5 Å². The molecule has 2 rings (SSSR count). The van der Waals surface area contributed by atoms with E-state index >= 15 is 0 Å². The lowest BCUT2D eigenvalue weighted by molar-refractivity contribution is -0.111. The standard InChI is InChI=1S/C5H2N4O.ClH/c10-5-3-4(7-1-6-3)8-2-9-5;/h1-2H;1H. The average Bonchev–Trinajstić information content (AvgIpc) is 2.36. The average molecular weight is 171 g/mol. The van der Waals surface area contributed by atoms with Gasteiger partial charge in [-0.25, -0.2) is 15.0 Å². The number of halogens is 1. The molecule has 0 radical (unpaired) electrons. The molecule has 0 bridgehead atoms. The van der Waals surface area contributed by atoms with E-state index in [9.17, 15) is 4.79 Å². The predicted octanol–water partition coefficient (Wildman–Crippen LogP) is -0.142. The minimum atomic E-state index is -0.373. The first-order valence-corrected chi connectivity index (χ1v) is 2.63. The third-order valence-corrected chi connectivity index (χ3v) is 1.14. The maximum atomic E-state index is 10.8. The van der Waals surface area contributed by atoms with Crippen molar-refractivity contribution in [2.75, 3.05) is 0 Å². The predicted molar refractivity (Wildman–Crippen MR) is 44.1 cm³/mol. The van der Waals surface area contributed by atoms with Gasteiger partial charge in [0.2, 0.25) is 0 Å². The van der Waals surface area contributed by atoms with Crippen molar-refractivity contribution >= 4 is 42.5 Å². The van der Waals surface area contributed by atoms with E-state index in [1.165, 1.54) is 12.7 Å². The summed E-state index contributed by atoms with van der Waals surface area (Å²) in [7, 11) is 0. The van der Waals surface area contributed by atoms with E-state index < -0.39 is 0 Å². The Morgan fingerprint density at radius 1 is 1.09 bits per heavy atom. The summed E-state index contributed by atoms with van der Waals surface area (Å²) in [5, 5.41) is 0. The molecule has 0 saturated carbocycles. The Balaban J connectivity index is 0.000000605. The van der Waals surface area contributed by atoms with Gasteiger partial charge >= 0.3 is 5.91 Å². The molecule has 0 aromatic heterocycles. The monoisotopic (exact) mass is 170 g/mol. The second kappa shape index (κ2) is 2.71. The number of hydrogen-bond acceptors (Lipinski definition) is 4.